The molecular formula is C7H5FO5. The normalized spacial score (nSPS) is 9.92. The summed E-state index contributed by atoms with van der Waals surface area (Å²) in [6.07, 6.45) is 0. The molecule has 0 bridgehead atoms. The number of carboxylic acids is 1. The summed E-state index contributed by atoms with van der Waals surface area (Å²) in [5.41, 5.74) is -0.909. The molecular weight excluding hydrogens is 183 g/mol. The minimum atomic E-state index is -1.65. The van der Waals surface area contributed by atoms with Crippen molar-refractivity contribution in [1.82, 2.24) is 0 Å². The maximum Gasteiger partial charge on any atom is 0.338 e. The molecule has 4 N–H and O–H groups in total. The van der Waals surface area contributed by atoms with E-state index in [0.717, 1.165) is 0 Å². The Labute approximate surface area is 71.3 Å². The van der Waals surface area contributed by atoms with E-state index in [0.29, 0.717) is 6.07 Å². The first kappa shape index (κ1) is 9.11. The van der Waals surface area contributed by atoms with E-state index in [1.54, 1.807) is 0 Å². The summed E-state index contributed by atoms with van der Waals surface area (Å²) in [6, 6.07) is 0.507. The fourth-order valence-corrected chi connectivity index (χ4v) is 0.777. The van der Waals surface area contributed by atoms with Crippen molar-refractivity contribution in [2.45, 2.75) is 0 Å². The number of hydrogen-bond donors (Lipinski definition) is 4. The van der Waals surface area contributed by atoms with Crippen LogP contribution in [0.15, 0.2) is 6.07 Å². The summed E-state index contributed by atoms with van der Waals surface area (Å²) < 4.78 is 12.8. The predicted molar refractivity (Wildman–Crippen MR) is 38.4 cm³/mol. The van der Waals surface area contributed by atoms with E-state index < -0.39 is 34.6 Å². The summed E-state index contributed by atoms with van der Waals surface area (Å²) in [5.74, 6) is -6.39. The molecule has 1 aromatic rings. The number of carboxylic acid groups (broad SMARTS) is 1. The average Bonchev–Trinajstić information content (AvgIpc) is 2.07. The number of aromatic hydroxyl groups is 3. The van der Waals surface area contributed by atoms with Gasteiger partial charge in [-0.2, -0.15) is 0 Å². The molecule has 0 aliphatic carbocycles. The van der Waals surface area contributed by atoms with Crippen LogP contribution in [0.5, 0.6) is 17.2 Å². The van der Waals surface area contributed by atoms with Crippen LogP contribution in [-0.2, 0) is 0 Å². The third kappa shape index (κ3) is 1.33. The Bertz CT molecular complexity index is 374. The number of halogens is 1. The van der Waals surface area contributed by atoms with Crippen LogP contribution >= 0.6 is 0 Å². The maximum absolute atomic E-state index is 12.8. The van der Waals surface area contributed by atoms with E-state index >= 15 is 0 Å². The number of phenols is 3. The molecule has 0 radical (unpaired) electrons. The van der Waals surface area contributed by atoms with Crippen LogP contribution in [0.3, 0.4) is 0 Å². The monoisotopic (exact) mass is 188 g/mol. The fraction of sp³-hybridized carbons (Fsp3) is 0. The van der Waals surface area contributed by atoms with E-state index in [4.69, 9.17) is 20.4 Å². The Morgan fingerprint density at radius 1 is 1.23 bits per heavy atom. The van der Waals surface area contributed by atoms with Crippen molar-refractivity contribution in [2.75, 3.05) is 0 Å². The van der Waals surface area contributed by atoms with Crippen LogP contribution in [0.4, 0.5) is 4.39 Å². The first-order valence-electron chi connectivity index (χ1n) is 3.11. The molecule has 0 aliphatic rings. The predicted octanol–water partition coefficient (Wildman–Crippen LogP) is 0.641. The van der Waals surface area contributed by atoms with Gasteiger partial charge in [0.25, 0.3) is 0 Å². The number of aromatic carboxylic acids is 1. The molecule has 0 aromatic heterocycles. The smallest absolute Gasteiger partial charge is 0.338 e. The Balaban J connectivity index is 3.50. The average molecular weight is 188 g/mol. The van der Waals surface area contributed by atoms with Gasteiger partial charge in [-0.1, -0.05) is 0 Å². The third-order valence-electron chi connectivity index (χ3n) is 1.42. The lowest BCUT2D eigenvalue weighted by molar-refractivity contribution is 0.0690. The second-order valence-corrected chi connectivity index (χ2v) is 2.26. The fourth-order valence-electron chi connectivity index (χ4n) is 0.777. The SMILES string of the molecule is O=C(O)c1cc(O)c(O)c(O)c1F. The quantitative estimate of drug-likeness (QED) is 0.485. The van der Waals surface area contributed by atoms with Gasteiger partial charge in [0.1, 0.15) is 5.56 Å². The lowest BCUT2D eigenvalue weighted by atomic mass is 10.1. The van der Waals surface area contributed by atoms with Crippen LogP contribution < -0.4 is 0 Å². The molecule has 0 spiro atoms. The van der Waals surface area contributed by atoms with Crippen molar-refractivity contribution in [3.63, 3.8) is 0 Å². The number of benzene rings is 1. The molecule has 1 rings (SSSR count). The topological polar surface area (TPSA) is 98.0 Å². The zero-order valence-electron chi connectivity index (χ0n) is 6.15. The standard InChI is InChI=1S/C7H5FO5/c8-4-2(7(12)13)1-3(9)5(10)6(4)11/h1,9-11H,(H,12,13). The first-order valence-corrected chi connectivity index (χ1v) is 3.11. The highest BCUT2D eigenvalue weighted by Gasteiger charge is 2.20. The van der Waals surface area contributed by atoms with Crippen molar-refractivity contribution in [3.8, 4) is 17.2 Å². The zero-order valence-corrected chi connectivity index (χ0v) is 6.15. The summed E-state index contributed by atoms with van der Waals surface area (Å²) in [6.45, 7) is 0. The van der Waals surface area contributed by atoms with Gasteiger partial charge < -0.3 is 20.4 Å². The number of hydrogen-bond acceptors (Lipinski definition) is 4. The molecule has 5 nitrogen and oxygen atoms in total. The van der Waals surface area contributed by atoms with Gasteiger partial charge in [0, 0.05) is 6.07 Å². The van der Waals surface area contributed by atoms with Gasteiger partial charge in [-0.25, -0.2) is 9.18 Å². The second-order valence-electron chi connectivity index (χ2n) is 2.26. The zero-order chi connectivity index (χ0) is 10.2. The third-order valence-corrected chi connectivity index (χ3v) is 1.42. The van der Waals surface area contributed by atoms with Gasteiger partial charge in [-0.05, 0) is 0 Å². The van der Waals surface area contributed by atoms with Gasteiger partial charge in [0.05, 0.1) is 0 Å². The molecule has 70 valence electrons. The highest BCUT2D eigenvalue weighted by atomic mass is 19.1. The first-order chi connectivity index (χ1) is 5.95. The van der Waals surface area contributed by atoms with Crippen molar-refractivity contribution >= 4 is 5.97 Å². The van der Waals surface area contributed by atoms with Gasteiger partial charge in [0.15, 0.2) is 17.3 Å². The summed E-state index contributed by atoms with van der Waals surface area (Å²) in [4.78, 5) is 10.3. The molecule has 1 aromatic carbocycles. The molecule has 0 heterocycles. The maximum atomic E-state index is 12.8. The van der Waals surface area contributed by atoms with Crippen molar-refractivity contribution < 1.29 is 29.6 Å². The Morgan fingerprint density at radius 2 is 1.77 bits per heavy atom. The summed E-state index contributed by atoms with van der Waals surface area (Å²) in [5, 5.41) is 34.7. The second kappa shape index (κ2) is 2.81. The molecule has 0 fully saturated rings. The minimum Gasteiger partial charge on any atom is -0.504 e. The lowest BCUT2D eigenvalue weighted by Crippen LogP contribution is -2.00. The van der Waals surface area contributed by atoms with E-state index in [-0.39, 0.29) is 0 Å². The molecule has 0 aliphatic heterocycles. The van der Waals surface area contributed by atoms with Crippen molar-refractivity contribution in [3.05, 3.63) is 17.4 Å². The van der Waals surface area contributed by atoms with Gasteiger partial charge in [-0.3, -0.25) is 0 Å². The Morgan fingerprint density at radius 3 is 2.23 bits per heavy atom. The molecule has 0 saturated heterocycles. The van der Waals surface area contributed by atoms with Crippen LogP contribution in [0.25, 0.3) is 0 Å². The summed E-state index contributed by atoms with van der Waals surface area (Å²) in [7, 11) is 0. The van der Waals surface area contributed by atoms with E-state index in [2.05, 4.69) is 0 Å². The van der Waals surface area contributed by atoms with Gasteiger partial charge in [-0.15, -0.1) is 0 Å². The summed E-state index contributed by atoms with van der Waals surface area (Å²) >= 11 is 0. The molecule has 6 heteroatoms. The number of carbonyl (C=O) groups is 1. The largest absolute Gasteiger partial charge is 0.504 e. The molecule has 0 amide bonds. The van der Waals surface area contributed by atoms with Gasteiger partial charge >= 0.3 is 5.97 Å². The molecule has 0 saturated carbocycles. The van der Waals surface area contributed by atoms with E-state index in [1.165, 1.54) is 0 Å². The molecule has 0 unspecified atom stereocenters. The van der Waals surface area contributed by atoms with Crippen LogP contribution in [0.1, 0.15) is 10.4 Å². The lowest BCUT2D eigenvalue weighted by Gasteiger charge is -2.04. The number of phenolic OH excluding ortho intramolecular Hbond substituents is 3. The Hall–Kier alpha value is -1.98. The van der Waals surface area contributed by atoms with E-state index in [9.17, 15) is 9.18 Å². The highest BCUT2D eigenvalue weighted by molar-refractivity contribution is 5.89. The van der Waals surface area contributed by atoms with E-state index in [1.807, 2.05) is 0 Å². The minimum absolute atomic E-state index is 0.507. The Kier molecular flexibility index (Phi) is 1.97. The van der Waals surface area contributed by atoms with Gasteiger partial charge in [0.2, 0.25) is 5.75 Å². The van der Waals surface area contributed by atoms with Crippen LogP contribution in [0.2, 0.25) is 0 Å². The highest BCUT2D eigenvalue weighted by Crippen LogP contribution is 2.38. The molecule has 13 heavy (non-hydrogen) atoms. The van der Waals surface area contributed by atoms with Crippen molar-refractivity contribution in [2.24, 2.45) is 0 Å². The van der Waals surface area contributed by atoms with Crippen molar-refractivity contribution in [1.29, 1.82) is 0 Å². The number of rotatable bonds is 1. The molecule has 0 atom stereocenters. The van der Waals surface area contributed by atoms with Crippen LogP contribution in [-0.4, -0.2) is 26.4 Å². The van der Waals surface area contributed by atoms with Crippen LogP contribution in [0, 0.1) is 5.82 Å².